The minimum atomic E-state index is -1.40. The molecule has 0 spiro atoms. The molecule has 0 bridgehead atoms. The van der Waals surface area contributed by atoms with Crippen LogP contribution < -0.4 is 10.4 Å². The zero-order valence-electron chi connectivity index (χ0n) is 12.0. The second-order valence-corrected chi connectivity index (χ2v) is 7.31. The lowest BCUT2D eigenvalue weighted by atomic mass is 10.0. The molecule has 0 saturated carbocycles. The van der Waals surface area contributed by atoms with Crippen LogP contribution in [0.4, 0.5) is 0 Å². The van der Waals surface area contributed by atoms with Gasteiger partial charge in [0, 0.05) is 10.6 Å². The molecular formula is C14H13N2O5S2-. The van der Waals surface area contributed by atoms with E-state index in [0.29, 0.717) is 16.2 Å². The van der Waals surface area contributed by atoms with Gasteiger partial charge in [-0.05, 0) is 23.9 Å². The molecule has 23 heavy (non-hydrogen) atoms. The summed E-state index contributed by atoms with van der Waals surface area (Å²) in [7, 11) is 0. The second-order valence-electron chi connectivity index (χ2n) is 5.23. The van der Waals surface area contributed by atoms with Crippen LogP contribution in [0.15, 0.2) is 28.8 Å². The van der Waals surface area contributed by atoms with Crippen molar-refractivity contribution in [3.05, 3.63) is 33.7 Å². The number of rotatable bonds is 4. The molecule has 1 saturated heterocycles. The van der Waals surface area contributed by atoms with Crippen LogP contribution in [0.5, 0.6) is 0 Å². The van der Waals surface area contributed by atoms with E-state index in [1.54, 1.807) is 24.4 Å². The first-order chi connectivity index (χ1) is 10.9. The lowest BCUT2D eigenvalue weighted by Gasteiger charge is -2.50. The monoisotopic (exact) mass is 353 g/mol. The molecule has 0 aliphatic carbocycles. The number of β-lactam (4-membered cyclic amide) rings is 1. The van der Waals surface area contributed by atoms with Crippen LogP contribution in [0.3, 0.4) is 0 Å². The number of carboxylic acid groups (broad SMARTS) is 1. The van der Waals surface area contributed by atoms with Gasteiger partial charge in [0.25, 0.3) is 11.8 Å². The number of amides is 2. The van der Waals surface area contributed by atoms with Crippen LogP contribution in [0.25, 0.3) is 0 Å². The number of hydrogen-bond acceptors (Lipinski definition) is 7. The van der Waals surface area contributed by atoms with E-state index in [-0.39, 0.29) is 5.70 Å². The molecule has 1 aromatic heterocycles. The molecule has 9 heteroatoms. The first-order valence-corrected chi connectivity index (χ1v) is 8.72. The highest BCUT2D eigenvalue weighted by molar-refractivity contribution is 8.00. The Labute approximate surface area is 140 Å². The van der Waals surface area contributed by atoms with Gasteiger partial charge in [-0.25, -0.2) is 0 Å². The van der Waals surface area contributed by atoms with Crippen molar-refractivity contribution in [3.8, 4) is 0 Å². The summed E-state index contributed by atoms with van der Waals surface area (Å²) in [6.45, 7) is 1.63. The van der Waals surface area contributed by atoms with Crippen LogP contribution in [0, 0.1) is 0 Å². The van der Waals surface area contributed by atoms with Gasteiger partial charge in [0.2, 0.25) is 0 Å². The molecule has 0 radical (unpaired) electrons. The number of hydrogen-bond donors (Lipinski definition) is 2. The maximum absolute atomic E-state index is 12.2. The molecule has 1 fully saturated rings. The SMILES string of the molecule is CC1=C(C(=O)[O-])N2C(=O)C(NC(=O)C(O)c3cccs3)[C@H]2SC1. The van der Waals surface area contributed by atoms with Gasteiger partial charge in [0.1, 0.15) is 11.4 Å². The van der Waals surface area contributed by atoms with Crippen molar-refractivity contribution in [1.82, 2.24) is 10.2 Å². The summed E-state index contributed by atoms with van der Waals surface area (Å²) < 4.78 is 0. The summed E-state index contributed by atoms with van der Waals surface area (Å²) in [6, 6.07) is 2.49. The highest BCUT2D eigenvalue weighted by atomic mass is 32.2. The summed E-state index contributed by atoms with van der Waals surface area (Å²) in [5.74, 6) is -2.14. The molecular weight excluding hydrogens is 340 g/mol. The highest BCUT2D eigenvalue weighted by Crippen LogP contribution is 2.40. The average Bonchev–Trinajstić information content (AvgIpc) is 3.05. The average molecular weight is 353 g/mol. The number of thioether (sulfide) groups is 1. The third kappa shape index (κ3) is 2.64. The van der Waals surface area contributed by atoms with Crippen LogP contribution in [0.1, 0.15) is 17.9 Å². The van der Waals surface area contributed by atoms with E-state index in [1.165, 1.54) is 23.1 Å². The maximum atomic E-state index is 12.2. The largest absolute Gasteiger partial charge is 0.543 e. The lowest BCUT2D eigenvalue weighted by Crippen LogP contribution is -2.71. The zero-order valence-corrected chi connectivity index (χ0v) is 13.6. The number of aliphatic hydroxyl groups is 1. The van der Waals surface area contributed by atoms with Gasteiger partial charge in [-0.3, -0.25) is 14.5 Å². The molecule has 7 nitrogen and oxygen atoms in total. The van der Waals surface area contributed by atoms with E-state index >= 15 is 0 Å². The zero-order chi connectivity index (χ0) is 16.7. The van der Waals surface area contributed by atoms with Gasteiger partial charge in [-0.1, -0.05) is 6.07 Å². The van der Waals surface area contributed by atoms with Crippen molar-refractivity contribution in [2.75, 3.05) is 5.75 Å². The fourth-order valence-electron chi connectivity index (χ4n) is 2.57. The number of carbonyl (C=O) groups excluding carboxylic acids is 3. The van der Waals surface area contributed by atoms with Crippen molar-refractivity contribution in [2.45, 2.75) is 24.4 Å². The van der Waals surface area contributed by atoms with E-state index in [2.05, 4.69) is 5.32 Å². The number of carbonyl (C=O) groups is 3. The number of thiophene rings is 1. The molecule has 0 aromatic carbocycles. The minimum Gasteiger partial charge on any atom is -0.543 e. The van der Waals surface area contributed by atoms with E-state index < -0.39 is 35.3 Å². The number of aliphatic hydroxyl groups excluding tert-OH is 1. The number of fused-ring (bicyclic) bond motifs is 1. The van der Waals surface area contributed by atoms with Gasteiger partial charge in [0.15, 0.2) is 6.10 Å². The Hall–Kier alpha value is -1.84. The van der Waals surface area contributed by atoms with E-state index in [0.717, 1.165) is 4.90 Å². The Morgan fingerprint density at radius 1 is 1.52 bits per heavy atom. The van der Waals surface area contributed by atoms with Crippen LogP contribution >= 0.6 is 23.1 Å². The third-order valence-electron chi connectivity index (χ3n) is 3.71. The van der Waals surface area contributed by atoms with Crippen molar-refractivity contribution in [3.63, 3.8) is 0 Å². The molecule has 3 atom stereocenters. The molecule has 1 aromatic rings. The lowest BCUT2D eigenvalue weighted by molar-refractivity contribution is -0.301. The molecule has 122 valence electrons. The number of nitrogens with one attached hydrogen (secondary N) is 1. The van der Waals surface area contributed by atoms with Gasteiger partial charge < -0.3 is 20.3 Å². The Morgan fingerprint density at radius 3 is 2.87 bits per heavy atom. The number of aliphatic carboxylic acids is 1. The Balaban J connectivity index is 1.72. The predicted molar refractivity (Wildman–Crippen MR) is 82.0 cm³/mol. The van der Waals surface area contributed by atoms with Gasteiger partial charge in [-0.2, -0.15) is 0 Å². The minimum absolute atomic E-state index is 0.122. The molecule has 2 unspecified atom stereocenters. The Bertz CT molecular complexity index is 700. The Kier molecular flexibility index (Phi) is 4.17. The topological polar surface area (TPSA) is 110 Å². The molecule has 2 amide bonds. The first-order valence-electron chi connectivity index (χ1n) is 6.79. The third-order valence-corrected chi connectivity index (χ3v) is 6.06. The molecule has 3 rings (SSSR count). The van der Waals surface area contributed by atoms with Crippen molar-refractivity contribution in [1.29, 1.82) is 0 Å². The predicted octanol–water partition coefficient (Wildman–Crippen LogP) is -0.795. The highest BCUT2D eigenvalue weighted by Gasteiger charge is 2.52. The normalized spacial score (nSPS) is 24.8. The molecule has 3 heterocycles. The number of carboxylic acids is 1. The van der Waals surface area contributed by atoms with Crippen LogP contribution in [-0.2, 0) is 14.4 Å². The quantitative estimate of drug-likeness (QED) is 0.686. The molecule has 2 N–H and O–H groups in total. The van der Waals surface area contributed by atoms with Crippen LogP contribution in [0.2, 0.25) is 0 Å². The molecule has 2 aliphatic heterocycles. The summed E-state index contributed by atoms with van der Waals surface area (Å²) in [5, 5.41) is 24.9. The standard InChI is InChI=1S/C14H14N2O5S2/c1-6-5-23-13-8(12(19)16(13)9(6)14(20)21)15-11(18)10(17)7-3-2-4-22-7/h2-4,8,10,13,17H,5H2,1H3,(H,15,18)(H,20,21)/p-1/t8?,10?,13-/m1/s1. The number of nitrogens with zero attached hydrogens (tertiary/aromatic N) is 1. The van der Waals surface area contributed by atoms with Gasteiger partial charge in [0.05, 0.1) is 11.7 Å². The van der Waals surface area contributed by atoms with E-state index in [4.69, 9.17) is 0 Å². The van der Waals surface area contributed by atoms with Crippen LogP contribution in [-0.4, -0.2) is 45.0 Å². The fourth-order valence-corrected chi connectivity index (χ4v) is 4.57. The second kappa shape index (κ2) is 5.99. The Morgan fingerprint density at radius 2 is 2.26 bits per heavy atom. The summed E-state index contributed by atoms with van der Waals surface area (Å²) in [6.07, 6.45) is -1.34. The smallest absolute Gasteiger partial charge is 0.255 e. The molecule has 2 aliphatic rings. The van der Waals surface area contributed by atoms with Crippen molar-refractivity contribution in [2.24, 2.45) is 0 Å². The summed E-state index contributed by atoms with van der Waals surface area (Å²) in [4.78, 5) is 37.1. The van der Waals surface area contributed by atoms with E-state index in [9.17, 15) is 24.6 Å². The van der Waals surface area contributed by atoms with E-state index in [1.807, 2.05) is 0 Å². The summed E-state index contributed by atoms with van der Waals surface area (Å²) >= 11 is 2.60. The van der Waals surface area contributed by atoms with Crippen molar-refractivity contribution < 1.29 is 24.6 Å². The fraction of sp³-hybridized carbons (Fsp3) is 0.357. The first kappa shape index (κ1) is 16.0. The van der Waals surface area contributed by atoms with Crippen molar-refractivity contribution >= 4 is 40.9 Å². The van der Waals surface area contributed by atoms with Gasteiger partial charge >= 0.3 is 0 Å². The summed E-state index contributed by atoms with van der Waals surface area (Å²) in [5.41, 5.74) is 0.436. The van der Waals surface area contributed by atoms with Gasteiger partial charge in [-0.15, -0.1) is 23.1 Å². The maximum Gasteiger partial charge on any atom is 0.255 e.